The van der Waals surface area contributed by atoms with E-state index in [1.54, 1.807) is 0 Å². The highest BCUT2D eigenvalue weighted by molar-refractivity contribution is 5.50. The quantitative estimate of drug-likeness (QED) is 0.678. The molecule has 1 aliphatic heterocycles. The van der Waals surface area contributed by atoms with Gasteiger partial charge in [0.05, 0.1) is 11.9 Å². The molecular weight excluding hydrogens is 374 g/mol. The summed E-state index contributed by atoms with van der Waals surface area (Å²) >= 11 is 0. The Balaban J connectivity index is 1.50. The minimum absolute atomic E-state index is 0.176. The Kier molecular flexibility index (Phi) is 7.94. The van der Waals surface area contributed by atoms with Gasteiger partial charge in [0.15, 0.2) is 0 Å². The summed E-state index contributed by atoms with van der Waals surface area (Å²) in [6.07, 6.45) is 4.41. The van der Waals surface area contributed by atoms with Crippen molar-refractivity contribution in [2.24, 2.45) is 0 Å². The summed E-state index contributed by atoms with van der Waals surface area (Å²) in [5.41, 5.74) is 2.43. The highest BCUT2D eigenvalue weighted by Gasteiger charge is 2.20. The molecule has 1 N–H and O–H groups in total. The fourth-order valence-electron chi connectivity index (χ4n) is 3.80. The number of pyridine rings is 1. The first-order chi connectivity index (χ1) is 14.4. The van der Waals surface area contributed by atoms with Gasteiger partial charge in [-0.1, -0.05) is 12.1 Å². The summed E-state index contributed by atoms with van der Waals surface area (Å²) in [5, 5.41) is 3.50. The van der Waals surface area contributed by atoms with Crippen LogP contribution < -0.4 is 15.0 Å². The van der Waals surface area contributed by atoms with Gasteiger partial charge in [0.1, 0.15) is 18.2 Å². The molecule has 0 aliphatic carbocycles. The molecule has 1 aromatic carbocycles. The zero-order chi connectivity index (χ0) is 21.5. The van der Waals surface area contributed by atoms with Gasteiger partial charge < -0.3 is 24.8 Å². The summed E-state index contributed by atoms with van der Waals surface area (Å²) in [7, 11) is 8.45. The Bertz CT molecular complexity index is 752. The SMILES string of the molecule is CC(Nc1ccc(N2CCC(N(C)C)CC2)cn1)c1ccc(OCCN(C)C)cc1. The molecule has 2 heterocycles. The number of aromatic nitrogens is 1. The second-order valence-corrected chi connectivity index (χ2v) is 8.67. The van der Waals surface area contributed by atoms with Gasteiger partial charge in [0.2, 0.25) is 0 Å². The van der Waals surface area contributed by atoms with Crippen LogP contribution in [0.5, 0.6) is 5.75 Å². The Morgan fingerprint density at radius 2 is 1.77 bits per heavy atom. The number of piperidine rings is 1. The van der Waals surface area contributed by atoms with Crippen molar-refractivity contribution in [2.45, 2.75) is 31.8 Å². The predicted octanol–water partition coefficient (Wildman–Crippen LogP) is 3.73. The van der Waals surface area contributed by atoms with Crippen LogP contribution >= 0.6 is 0 Å². The lowest BCUT2D eigenvalue weighted by Crippen LogP contribution is -2.42. The van der Waals surface area contributed by atoms with E-state index < -0.39 is 0 Å². The molecule has 30 heavy (non-hydrogen) atoms. The molecule has 0 amide bonds. The number of hydrogen-bond donors (Lipinski definition) is 1. The van der Waals surface area contributed by atoms with Crippen LogP contribution in [0.1, 0.15) is 31.4 Å². The molecule has 2 aromatic rings. The average molecular weight is 412 g/mol. The first-order valence-corrected chi connectivity index (χ1v) is 10.9. The molecule has 6 nitrogen and oxygen atoms in total. The lowest BCUT2D eigenvalue weighted by atomic mass is 10.0. The van der Waals surface area contributed by atoms with Crippen LogP contribution in [0, 0.1) is 0 Å². The van der Waals surface area contributed by atoms with E-state index in [4.69, 9.17) is 4.74 Å². The maximum Gasteiger partial charge on any atom is 0.126 e. The first-order valence-electron chi connectivity index (χ1n) is 10.9. The molecule has 1 fully saturated rings. The van der Waals surface area contributed by atoms with Gasteiger partial charge in [-0.25, -0.2) is 4.98 Å². The highest BCUT2D eigenvalue weighted by Crippen LogP contribution is 2.24. The van der Waals surface area contributed by atoms with Crippen LogP contribution in [0.25, 0.3) is 0 Å². The lowest BCUT2D eigenvalue weighted by Gasteiger charge is -2.36. The van der Waals surface area contributed by atoms with Crippen molar-refractivity contribution < 1.29 is 4.74 Å². The summed E-state index contributed by atoms with van der Waals surface area (Å²) in [4.78, 5) is 11.6. The van der Waals surface area contributed by atoms with Gasteiger partial charge in [-0.2, -0.15) is 0 Å². The minimum Gasteiger partial charge on any atom is -0.492 e. The van der Waals surface area contributed by atoms with Crippen LogP contribution in [-0.4, -0.2) is 75.3 Å². The summed E-state index contributed by atoms with van der Waals surface area (Å²) in [6, 6.07) is 13.4. The number of nitrogens with zero attached hydrogens (tertiary/aromatic N) is 4. The van der Waals surface area contributed by atoms with Gasteiger partial charge in [0, 0.05) is 31.7 Å². The molecule has 1 atom stereocenters. The first kappa shape index (κ1) is 22.4. The van der Waals surface area contributed by atoms with E-state index >= 15 is 0 Å². The minimum atomic E-state index is 0.176. The van der Waals surface area contributed by atoms with Crippen molar-refractivity contribution in [3.05, 3.63) is 48.2 Å². The third-order valence-corrected chi connectivity index (χ3v) is 5.86. The Morgan fingerprint density at radius 3 is 2.33 bits per heavy atom. The number of nitrogens with one attached hydrogen (secondary N) is 1. The fraction of sp³-hybridized carbons (Fsp3) is 0.542. The number of likely N-dealkylation sites (N-methyl/N-ethyl adjacent to an activating group) is 1. The molecule has 0 spiro atoms. The van der Waals surface area contributed by atoms with E-state index in [9.17, 15) is 0 Å². The number of rotatable bonds is 9. The number of hydrogen-bond acceptors (Lipinski definition) is 6. The number of ether oxygens (including phenoxy) is 1. The van der Waals surface area contributed by atoms with E-state index in [2.05, 4.69) is 70.3 Å². The molecule has 1 unspecified atom stereocenters. The average Bonchev–Trinajstić information content (AvgIpc) is 2.74. The largest absolute Gasteiger partial charge is 0.492 e. The monoisotopic (exact) mass is 411 g/mol. The van der Waals surface area contributed by atoms with Gasteiger partial charge in [-0.05, 0) is 77.8 Å². The molecule has 1 saturated heterocycles. The molecule has 6 heteroatoms. The van der Waals surface area contributed by atoms with Crippen LogP contribution in [0.2, 0.25) is 0 Å². The summed E-state index contributed by atoms with van der Waals surface area (Å²) < 4.78 is 5.78. The van der Waals surface area contributed by atoms with E-state index in [0.717, 1.165) is 31.2 Å². The maximum absolute atomic E-state index is 5.78. The van der Waals surface area contributed by atoms with Crippen LogP contribution in [0.3, 0.4) is 0 Å². The number of anilines is 2. The van der Waals surface area contributed by atoms with Gasteiger partial charge in [-0.15, -0.1) is 0 Å². The Labute approximate surface area is 181 Å². The Hall–Kier alpha value is -2.31. The van der Waals surface area contributed by atoms with Gasteiger partial charge in [-0.3, -0.25) is 0 Å². The smallest absolute Gasteiger partial charge is 0.126 e. The molecule has 0 radical (unpaired) electrons. The Morgan fingerprint density at radius 1 is 1.07 bits per heavy atom. The van der Waals surface area contributed by atoms with Gasteiger partial charge in [0.25, 0.3) is 0 Å². The second kappa shape index (κ2) is 10.6. The maximum atomic E-state index is 5.78. The number of benzene rings is 1. The molecule has 0 saturated carbocycles. The lowest BCUT2D eigenvalue weighted by molar-refractivity contribution is 0.249. The van der Waals surface area contributed by atoms with Gasteiger partial charge >= 0.3 is 0 Å². The molecular formula is C24H37N5O. The van der Waals surface area contributed by atoms with Crippen molar-refractivity contribution in [3.63, 3.8) is 0 Å². The van der Waals surface area contributed by atoms with Crippen LogP contribution in [0.4, 0.5) is 11.5 Å². The van der Waals surface area contributed by atoms with E-state index in [1.807, 2.05) is 32.4 Å². The molecule has 3 rings (SSSR count). The van der Waals surface area contributed by atoms with Crippen molar-refractivity contribution in [1.82, 2.24) is 14.8 Å². The molecule has 0 bridgehead atoms. The summed E-state index contributed by atoms with van der Waals surface area (Å²) in [6.45, 7) is 5.95. The van der Waals surface area contributed by atoms with Crippen molar-refractivity contribution >= 4 is 11.5 Å². The normalized spacial score (nSPS) is 16.2. The molecule has 164 valence electrons. The highest BCUT2D eigenvalue weighted by atomic mass is 16.5. The van der Waals surface area contributed by atoms with Crippen LogP contribution in [-0.2, 0) is 0 Å². The fourth-order valence-corrected chi connectivity index (χ4v) is 3.80. The summed E-state index contributed by atoms with van der Waals surface area (Å²) in [5.74, 6) is 1.81. The van der Waals surface area contributed by atoms with E-state index in [1.165, 1.54) is 24.1 Å². The molecule has 1 aromatic heterocycles. The van der Waals surface area contributed by atoms with Crippen molar-refractivity contribution in [2.75, 3.05) is 64.6 Å². The second-order valence-electron chi connectivity index (χ2n) is 8.67. The van der Waals surface area contributed by atoms with E-state index in [0.29, 0.717) is 12.6 Å². The molecule has 1 aliphatic rings. The zero-order valence-corrected chi connectivity index (χ0v) is 19.1. The zero-order valence-electron chi connectivity index (χ0n) is 19.1. The van der Waals surface area contributed by atoms with E-state index in [-0.39, 0.29) is 6.04 Å². The van der Waals surface area contributed by atoms with Crippen molar-refractivity contribution in [1.29, 1.82) is 0 Å². The topological polar surface area (TPSA) is 43.9 Å². The van der Waals surface area contributed by atoms with Crippen molar-refractivity contribution in [3.8, 4) is 5.75 Å². The third-order valence-electron chi connectivity index (χ3n) is 5.86. The van der Waals surface area contributed by atoms with Crippen LogP contribution in [0.15, 0.2) is 42.6 Å². The third kappa shape index (κ3) is 6.34. The predicted molar refractivity (Wildman–Crippen MR) is 126 cm³/mol. The standard InChI is InChI=1S/C24H37N5O/c1-19(20-6-9-23(10-7-20)30-17-16-27(2)3)26-24-11-8-22(18-25-24)29-14-12-21(13-15-29)28(4)5/h6-11,18-19,21H,12-17H2,1-5H3,(H,25,26).